The minimum atomic E-state index is -0.935. The summed E-state index contributed by atoms with van der Waals surface area (Å²) in [6.45, 7) is 5.87. The third kappa shape index (κ3) is 1.78. The van der Waals surface area contributed by atoms with Gasteiger partial charge in [-0.05, 0) is 19.5 Å². The van der Waals surface area contributed by atoms with Crippen molar-refractivity contribution < 1.29 is 9.59 Å². The van der Waals surface area contributed by atoms with Crippen molar-refractivity contribution in [3.05, 3.63) is 48.7 Å². The first-order valence-electron chi connectivity index (χ1n) is 5.63. The molecule has 1 aliphatic rings. The van der Waals surface area contributed by atoms with Gasteiger partial charge in [0.2, 0.25) is 5.91 Å². The first kappa shape index (κ1) is 11.6. The van der Waals surface area contributed by atoms with Crippen LogP contribution in [0.5, 0.6) is 0 Å². The summed E-state index contributed by atoms with van der Waals surface area (Å²) in [4.78, 5) is 26.0. The topological polar surface area (TPSA) is 37.4 Å². The Bertz CT molecular complexity index is 466. The Kier molecular flexibility index (Phi) is 2.84. The number of likely N-dealkylation sites (tertiary alicyclic amines) is 1. The summed E-state index contributed by atoms with van der Waals surface area (Å²) in [5, 5.41) is 0. The van der Waals surface area contributed by atoms with Crippen LogP contribution in [0.25, 0.3) is 0 Å². The lowest BCUT2D eigenvalue weighted by Crippen LogP contribution is -2.36. The molecule has 0 aromatic heterocycles. The standard InChI is InChI=1S/C14H15NO2/c1-3-15-10-9-14(2,13(15)17)12(16)11-7-5-4-6-8-11/h3-8H,1,9-10H2,2H3. The summed E-state index contributed by atoms with van der Waals surface area (Å²) in [5.41, 5.74) is -0.343. The molecule has 1 aromatic rings. The van der Waals surface area contributed by atoms with E-state index in [-0.39, 0.29) is 11.7 Å². The van der Waals surface area contributed by atoms with Gasteiger partial charge in [-0.2, -0.15) is 0 Å². The fourth-order valence-electron chi connectivity index (χ4n) is 2.16. The molecule has 1 fully saturated rings. The molecule has 1 amide bonds. The Morgan fingerprint density at radius 2 is 2.06 bits per heavy atom. The van der Waals surface area contributed by atoms with Gasteiger partial charge in [0.1, 0.15) is 5.41 Å². The highest BCUT2D eigenvalue weighted by atomic mass is 16.2. The van der Waals surface area contributed by atoms with Gasteiger partial charge < -0.3 is 4.90 Å². The van der Waals surface area contributed by atoms with Gasteiger partial charge in [-0.3, -0.25) is 9.59 Å². The average Bonchev–Trinajstić information content (AvgIpc) is 2.67. The monoisotopic (exact) mass is 229 g/mol. The molecular formula is C14H15NO2. The number of hydrogen-bond donors (Lipinski definition) is 0. The van der Waals surface area contributed by atoms with Crippen LogP contribution in [0.1, 0.15) is 23.7 Å². The Morgan fingerprint density at radius 1 is 1.41 bits per heavy atom. The number of rotatable bonds is 3. The van der Waals surface area contributed by atoms with Crippen molar-refractivity contribution >= 4 is 11.7 Å². The summed E-state index contributed by atoms with van der Waals surface area (Å²) in [5.74, 6) is -0.256. The van der Waals surface area contributed by atoms with Gasteiger partial charge in [-0.1, -0.05) is 36.9 Å². The molecule has 3 nitrogen and oxygen atoms in total. The molecule has 17 heavy (non-hydrogen) atoms. The highest BCUT2D eigenvalue weighted by molar-refractivity contribution is 6.14. The molecule has 0 bridgehead atoms. The summed E-state index contributed by atoms with van der Waals surface area (Å²) < 4.78 is 0. The zero-order chi connectivity index (χ0) is 12.5. The van der Waals surface area contributed by atoms with Crippen LogP contribution in [-0.2, 0) is 4.79 Å². The van der Waals surface area contributed by atoms with E-state index in [0.717, 1.165) is 0 Å². The Morgan fingerprint density at radius 3 is 2.59 bits per heavy atom. The lowest BCUT2D eigenvalue weighted by Gasteiger charge is -2.20. The highest BCUT2D eigenvalue weighted by Gasteiger charge is 2.47. The van der Waals surface area contributed by atoms with E-state index < -0.39 is 5.41 Å². The second kappa shape index (κ2) is 4.17. The number of ketones is 1. The zero-order valence-electron chi connectivity index (χ0n) is 9.85. The van der Waals surface area contributed by atoms with Crippen LogP contribution in [-0.4, -0.2) is 23.1 Å². The van der Waals surface area contributed by atoms with E-state index in [1.165, 1.54) is 11.1 Å². The van der Waals surface area contributed by atoms with Crippen molar-refractivity contribution in [1.29, 1.82) is 0 Å². The number of carbonyl (C=O) groups is 2. The molecule has 0 aliphatic carbocycles. The molecule has 1 atom stereocenters. The quantitative estimate of drug-likeness (QED) is 0.589. The van der Waals surface area contributed by atoms with Crippen molar-refractivity contribution in [2.75, 3.05) is 6.54 Å². The van der Waals surface area contributed by atoms with Crippen molar-refractivity contribution in [2.45, 2.75) is 13.3 Å². The first-order chi connectivity index (χ1) is 8.09. The number of carbonyl (C=O) groups excluding carboxylic acids is 2. The lowest BCUT2D eigenvalue weighted by atomic mass is 9.81. The van der Waals surface area contributed by atoms with E-state index in [2.05, 4.69) is 6.58 Å². The molecule has 3 heteroatoms. The van der Waals surface area contributed by atoms with Gasteiger partial charge in [0.05, 0.1) is 0 Å². The van der Waals surface area contributed by atoms with E-state index >= 15 is 0 Å². The maximum atomic E-state index is 12.4. The van der Waals surface area contributed by atoms with Crippen molar-refractivity contribution in [3.63, 3.8) is 0 Å². The van der Waals surface area contributed by atoms with Crippen LogP contribution < -0.4 is 0 Å². The summed E-state index contributed by atoms with van der Waals surface area (Å²) in [7, 11) is 0. The molecule has 0 radical (unpaired) electrons. The second-order valence-corrected chi connectivity index (χ2v) is 4.46. The molecular weight excluding hydrogens is 214 g/mol. The average molecular weight is 229 g/mol. The Hall–Kier alpha value is -1.90. The van der Waals surface area contributed by atoms with E-state index in [1.807, 2.05) is 6.07 Å². The van der Waals surface area contributed by atoms with Crippen molar-refractivity contribution in [3.8, 4) is 0 Å². The number of nitrogens with zero attached hydrogens (tertiary/aromatic N) is 1. The van der Waals surface area contributed by atoms with Crippen LogP contribution in [0.4, 0.5) is 0 Å². The van der Waals surface area contributed by atoms with Crippen LogP contribution in [0.2, 0.25) is 0 Å². The van der Waals surface area contributed by atoms with E-state index in [9.17, 15) is 9.59 Å². The van der Waals surface area contributed by atoms with Gasteiger partial charge in [0, 0.05) is 12.1 Å². The normalized spacial score (nSPS) is 23.8. The highest BCUT2D eigenvalue weighted by Crippen LogP contribution is 2.34. The predicted octanol–water partition coefficient (Wildman–Crippen LogP) is 2.25. The Balaban J connectivity index is 2.32. The summed E-state index contributed by atoms with van der Waals surface area (Å²) in [6, 6.07) is 8.96. The van der Waals surface area contributed by atoms with Gasteiger partial charge in [0.15, 0.2) is 5.78 Å². The number of benzene rings is 1. The largest absolute Gasteiger partial charge is 0.319 e. The molecule has 88 valence electrons. The van der Waals surface area contributed by atoms with Crippen LogP contribution >= 0.6 is 0 Å². The molecule has 1 saturated heterocycles. The summed E-state index contributed by atoms with van der Waals surface area (Å²) >= 11 is 0. The lowest BCUT2D eigenvalue weighted by molar-refractivity contribution is -0.131. The molecule has 0 spiro atoms. The fraction of sp³-hybridized carbons (Fsp3) is 0.286. The maximum absolute atomic E-state index is 12.4. The van der Waals surface area contributed by atoms with Crippen molar-refractivity contribution in [1.82, 2.24) is 4.90 Å². The molecule has 1 aromatic carbocycles. The fourth-order valence-corrected chi connectivity index (χ4v) is 2.16. The Labute approximate surface area is 101 Å². The van der Waals surface area contributed by atoms with Gasteiger partial charge >= 0.3 is 0 Å². The van der Waals surface area contributed by atoms with E-state index in [1.54, 1.807) is 31.2 Å². The summed E-state index contributed by atoms with van der Waals surface area (Å²) in [6.07, 6.45) is 2.04. The van der Waals surface area contributed by atoms with Gasteiger partial charge in [-0.25, -0.2) is 0 Å². The van der Waals surface area contributed by atoms with E-state index in [0.29, 0.717) is 18.5 Å². The van der Waals surface area contributed by atoms with Crippen molar-refractivity contribution in [2.24, 2.45) is 5.41 Å². The zero-order valence-corrected chi connectivity index (χ0v) is 9.85. The van der Waals surface area contributed by atoms with Gasteiger partial charge in [-0.15, -0.1) is 0 Å². The predicted molar refractivity (Wildman–Crippen MR) is 65.4 cm³/mol. The minimum absolute atomic E-state index is 0.104. The molecule has 1 aliphatic heterocycles. The third-order valence-corrected chi connectivity index (χ3v) is 3.34. The van der Waals surface area contributed by atoms with Crippen LogP contribution in [0.3, 0.4) is 0 Å². The number of amides is 1. The molecule has 2 rings (SSSR count). The van der Waals surface area contributed by atoms with E-state index in [4.69, 9.17) is 0 Å². The second-order valence-electron chi connectivity index (χ2n) is 4.46. The molecule has 1 unspecified atom stereocenters. The third-order valence-electron chi connectivity index (χ3n) is 3.34. The van der Waals surface area contributed by atoms with Crippen LogP contribution in [0.15, 0.2) is 43.1 Å². The number of Topliss-reactive ketones (excluding diaryl/α,β-unsaturated/α-hetero) is 1. The smallest absolute Gasteiger partial charge is 0.240 e. The maximum Gasteiger partial charge on any atom is 0.240 e. The molecule has 0 saturated carbocycles. The molecule has 1 heterocycles. The van der Waals surface area contributed by atoms with Gasteiger partial charge in [0.25, 0.3) is 0 Å². The first-order valence-corrected chi connectivity index (χ1v) is 5.63. The van der Waals surface area contributed by atoms with Crippen LogP contribution in [0, 0.1) is 5.41 Å². The number of hydrogen-bond acceptors (Lipinski definition) is 2. The SMILES string of the molecule is C=CN1CCC(C)(C(=O)c2ccccc2)C1=O. The molecule has 0 N–H and O–H groups in total. The minimum Gasteiger partial charge on any atom is -0.319 e.